The summed E-state index contributed by atoms with van der Waals surface area (Å²) in [6.45, 7) is 3.60. The number of H-pyrrole nitrogens is 1. The molecular formula is C17H20FNO. The number of nitrogens with one attached hydrogen (secondary N) is 1. The first-order valence-corrected chi connectivity index (χ1v) is 7.40. The highest BCUT2D eigenvalue weighted by Crippen LogP contribution is 2.34. The smallest absolute Gasteiger partial charge is 0.192 e. The molecule has 0 amide bonds. The van der Waals surface area contributed by atoms with Gasteiger partial charge in [0.25, 0.3) is 0 Å². The Morgan fingerprint density at radius 2 is 1.85 bits per heavy atom. The minimum atomic E-state index is -0.303. The number of rotatable bonds is 1. The molecule has 1 aliphatic carbocycles. The van der Waals surface area contributed by atoms with E-state index in [2.05, 4.69) is 4.98 Å². The lowest BCUT2D eigenvalue weighted by Gasteiger charge is -2.22. The van der Waals surface area contributed by atoms with Gasteiger partial charge in [0.15, 0.2) is 5.43 Å². The van der Waals surface area contributed by atoms with Crippen molar-refractivity contribution in [2.24, 2.45) is 0 Å². The monoisotopic (exact) mass is 273 g/mol. The maximum absolute atomic E-state index is 14.3. The molecule has 2 nitrogen and oxygen atoms in total. The molecule has 1 saturated carbocycles. The standard InChI is InChI=1S/C17H20FNO/c1-10-11(2)19-16-14(17(10)20)8-13(9-15(16)18)12-6-4-3-5-7-12/h8-9,12H,3-7H2,1-2H3,(H,19,20). The van der Waals surface area contributed by atoms with E-state index in [-0.39, 0.29) is 11.2 Å². The van der Waals surface area contributed by atoms with Crippen molar-refractivity contribution in [1.29, 1.82) is 0 Å². The molecule has 3 heteroatoms. The van der Waals surface area contributed by atoms with Crippen LogP contribution < -0.4 is 5.43 Å². The molecule has 1 N–H and O–H groups in total. The van der Waals surface area contributed by atoms with Crippen molar-refractivity contribution in [3.63, 3.8) is 0 Å². The van der Waals surface area contributed by atoms with Gasteiger partial charge in [-0.25, -0.2) is 4.39 Å². The Kier molecular flexibility index (Phi) is 3.36. The second-order valence-electron chi connectivity index (χ2n) is 5.96. The first kappa shape index (κ1) is 13.3. The summed E-state index contributed by atoms with van der Waals surface area (Å²) >= 11 is 0. The normalized spacial score (nSPS) is 16.8. The van der Waals surface area contributed by atoms with Crippen molar-refractivity contribution < 1.29 is 4.39 Å². The number of halogens is 1. The summed E-state index contributed by atoms with van der Waals surface area (Å²) in [4.78, 5) is 15.4. The molecule has 20 heavy (non-hydrogen) atoms. The lowest BCUT2D eigenvalue weighted by Crippen LogP contribution is -2.12. The van der Waals surface area contributed by atoms with Crippen molar-refractivity contribution >= 4 is 10.9 Å². The lowest BCUT2D eigenvalue weighted by atomic mass is 9.83. The molecule has 0 spiro atoms. The number of hydrogen-bond donors (Lipinski definition) is 1. The van der Waals surface area contributed by atoms with Gasteiger partial charge in [-0.1, -0.05) is 19.3 Å². The van der Waals surface area contributed by atoms with Gasteiger partial charge in [0.2, 0.25) is 0 Å². The molecule has 0 bridgehead atoms. The van der Waals surface area contributed by atoms with E-state index in [1.807, 2.05) is 13.0 Å². The zero-order valence-corrected chi connectivity index (χ0v) is 12.1. The van der Waals surface area contributed by atoms with Gasteiger partial charge in [-0.15, -0.1) is 0 Å². The third-order valence-corrected chi connectivity index (χ3v) is 4.65. The summed E-state index contributed by atoms with van der Waals surface area (Å²) in [7, 11) is 0. The molecule has 0 unspecified atom stereocenters. The van der Waals surface area contributed by atoms with Gasteiger partial charge in [0, 0.05) is 16.6 Å². The number of aromatic amines is 1. The van der Waals surface area contributed by atoms with Gasteiger partial charge in [0.1, 0.15) is 5.82 Å². The van der Waals surface area contributed by atoms with Gasteiger partial charge in [0.05, 0.1) is 5.52 Å². The number of fused-ring (bicyclic) bond motifs is 1. The summed E-state index contributed by atoms with van der Waals surface area (Å²) in [6, 6.07) is 3.52. The Morgan fingerprint density at radius 3 is 2.55 bits per heavy atom. The zero-order valence-electron chi connectivity index (χ0n) is 12.1. The van der Waals surface area contributed by atoms with E-state index >= 15 is 0 Å². The topological polar surface area (TPSA) is 32.9 Å². The van der Waals surface area contributed by atoms with E-state index in [1.54, 1.807) is 13.0 Å². The number of aryl methyl sites for hydroxylation is 1. The van der Waals surface area contributed by atoms with Crippen LogP contribution in [0, 0.1) is 19.7 Å². The van der Waals surface area contributed by atoms with Crippen LogP contribution in [0.25, 0.3) is 10.9 Å². The third-order valence-electron chi connectivity index (χ3n) is 4.65. The molecule has 0 radical (unpaired) electrons. The fraction of sp³-hybridized carbons (Fsp3) is 0.471. The Bertz CT molecular complexity index is 711. The van der Waals surface area contributed by atoms with Crippen molar-refractivity contribution in [3.8, 4) is 0 Å². The Labute approximate surface area is 118 Å². The van der Waals surface area contributed by atoms with Gasteiger partial charge in [-0.05, 0) is 50.3 Å². The van der Waals surface area contributed by atoms with E-state index in [0.29, 0.717) is 22.4 Å². The molecule has 0 atom stereocenters. The zero-order chi connectivity index (χ0) is 14.3. The van der Waals surface area contributed by atoms with Gasteiger partial charge in [-0.2, -0.15) is 0 Å². The largest absolute Gasteiger partial charge is 0.356 e. The summed E-state index contributed by atoms with van der Waals surface area (Å²) in [5.41, 5.74) is 2.71. The highest BCUT2D eigenvalue weighted by molar-refractivity contribution is 5.81. The average Bonchev–Trinajstić information content (AvgIpc) is 2.47. The number of benzene rings is 1. The molecule has 0 saturated heterocycles. The Hall–Kier alpha value is -1.64. The molecule has 1 aromatic heterocycles. The van der Waals surface area contributed by atoms with Crippen molar-refractivity contribution in [2.75, 3.05) is 0 Å². The number of pyridine rings is 1. The molecule has 1 aromatic carbocycles. The predicted molar refractivity (Wildman–Crippen MR) is 79.8 cm³/mol. The van der Waals surface area contributed by atoms with Crippen LogP contribution in [0.2, 0.25) is 0 Å². The van der Waals surface area contributed by atoms with Crippen LogP contribution in [0.1, 0.15) is 54.8 Å². The van der Waals surface area contributed by atoms with E-state index in [0.717, 1.165) is 24.1 Å². The minimum Gasteiger partial charge on any atom is -0.356 e. The van der Waals surface area contributed by atoms with Crippen LogP contribution in [0.5, 0.6) is 0 Å². The van der Waals surface area contributed by atoms with Gasteiger partial charge in [-0.3, -0.25) is 4.79 Å². The quantitative estimate of drug-likeness (QED) is 0.824. The molecule has 3 rings (SSSR count). The van der Waals surface area contributed by atoms with Crippen molar-refractivity contribution in [3.05, 3.63) is 45.0 Å². The van der Waals surface area contributed by atoms with E-state index in [1.165, 1.54) is 19.3 Å². The molecule has 106 valence electrons. The van der Waals surface area contributed by atoms with E-state index < -0.39 is 0 Å². The summed E-state index contributed by atoms with van der Waals surface area (Å²) in [5.74, 6) is 0.104. The van der Waals surface area contributed by atoms with Gasteiger partial charge < -0.3 is 4.98 Å². The molecular weight excluding hydrogens is 253 g/mol. The predicted octanol–water partition coefficient (Wildman–Crippen LogP) is 4.33. The Balaban J connectivity index is 2.20. The molecule has 1 heterocycles. The second kappa shape index (κ2) is 5.04. The number of hydrogen-bond acceptors (Lipinski definition) is 1. The third kappa shape index (κ3) is 2.15. The fourth-order valence-corrected chi connectivity index (χ4v) is 3.26. The highest BCUT2D eigenvalue weighted by atomic mass is 19.1. The Morgan fingerprint density at radius 1 is 1.15 bits per heavy atom. The first-order chi connectivity index (χ1) is 9.58. The van der Waals surface area contributed by atoms with Crippen LogP contribution in [0.3, 0.4) is 0 Å². The maximum atomic E-state index is 14.3. The van der Waals surface area contributed by atoms with Crippen molar-refractivity contribution in [1.82, 2.24) is 4.98 Å². The maximum Gasteiger partial charge on any atom is 0.192 e. The first-order valence-electron chi connectivity index (χ1n) is 7.40. The molecule has 1 aliphatic rings. The average molecular weight is 273 g/mol. The van der Waals surface area contributed by atoms with E-state index in [4.69, 9.17) is 0 Å². The fourth-order valence-electron chi connectivity index (χ4n) is 3.26. The van der Waals surface area contributed by atoms with Crippen LogP contribution in [0.4, 0.5) is 4.39 Å². The molecule has 0 aliphatic heterocycles. The number of aromatic nitrogens is 1. The van der Waals surface area contributed by atoms with Crippen LogP contribution >= 0.6 is 0 Å². The van der Waals surface area contributed by atoms with Crippen LogP contribution in [-0.2, 0) is 0 Å². The van der Waals surface area contributed by atoms with Crippen LogP contribution in [-0.4, -0.2) is 4.98 Å². The lowest BCUT2D eigenvalue weighted by molar-refractivity contribution is 0.442. The summed E-state index contributed by atoms with van der Waals surface area (Å²) in [6.07, 6.45) is 5.88. The highest BCUT2D eigenvalue weighted by Gasteiger charge is 2.18. The second-order valence-corrected chi connectivity index (χ2v) is 5.96. The SMILES string of the molecule is Cc1[nH]c2c(F)cc(C3CCCCC3)cc2c(=O)c1C. The van der Waals surface area contributed by atoms with Crippen molar-refractivity contribution in [2.45, 2.75) is 51.9 Å². The van der Waals surface area contributed by atoms with E-state index in [9.17, 15) is 9.18 Å². The molecule has 1 fully saturated rings. The summed E-state index contributed by atoms with van der Waals surface area (Å²) < 4.78 is 14.3. The van der Waals surface area contributed by atoms with Gasteiger partial charge >= 0.3 is 0 Å². The minimum absolute atomic E-state index is 0.0483. The summed E-state index contributed by atoms with van der Waals surface area (Å²) in [5, 5.41) is 0.494. The molecule has 2 aromatic rings. The van der Waals surface area contributed by atoms with Crippen LogP contribution in [0.15, 0.2) is 16.9 Å².